The third-order valence-electron chi connectivity index (χ3n) is 8.30. The summed E-state index contributed by atoms with van der Waals surface area (Å²) >= 11 is 0. The Bertz CT molecular complexity index is 1110. The molecule has 0 radical (unpaired) electrons. The third kappa shape index (κ3) is 11.8. The molecule has 224 valence electrons. The van der Waals surface area contributed by atoms with Crippen LogP contribution >= 0.6 is 0 Å². The summed E-state index contributed by atoms with van der Waals surface area (Å²) in [6, 6.07) is 20.3. The number of carbonyl (C=O) groups is 2. The number of aromatic amines is 1. The van der Waals surface area contributed by atoms with Crippen molar-refractivity contribution in [3.8, 4) is 11.3 Å². The van der Waals surface area contributed by atoms with Gasteiger partial charge in [-0.2, -0.15) is 0 Å². The molecule has 5 heteroatoms. The van der Waals surface area contributed by atoms with E-state index in [-0.39, 0.29) is 17.7 Å². The Morgan fingerprint density at radius 2 is 1.15 bits per heavy atom. The molecule has 5 nitrogen and oxygen atoms in total. The maximum atomic E-state index is 11.6. The number of H-pyrrole nitrogens is 1. The van der Waals surface area contributed by atoms with Crippen molar-refractivity contribution in [2.45, 2.75) is 122 Å². The lowest BCUT2D eigenvalue weighted by molar-refractivity contribution is -0.125. The predicted molar refractivity (Wildman–Crippen MR) is 173 cm³/mol. The number of hydrogen-bond donors (Lipinski definition) is 3. The van der Waals surface area contributed by atoms with Gasteiger partial charge in [0.25, 0.3) is 0 Å². The Balaban J connectivity index is 0.000000257. The van der Waals surface area contributed by atoms with Crippen molar-refractivity contribution in [3.63, 3.8) is 0 Å². The van der Waals surface area contributed by atoms with Crippen LogP contribution < -0.4 is 11.1 Å². The van der Waals surface area contributed by atoms with Gasteiger partial charge in [0.15, 0.2) is 0 Å². The molecule has 1 saturated heterocycles. The van der Waals surface area contributed by atoms with E-state index >= 15 is 0 Å². The number of para-hydroxylation sites is 1. The number of unbranched alkanes of at least 4 members (excludes halogenated alkanes) is 15. The van der Waals surface area contributed by atoms with Crippen LogP contribution in [0.5, 0.6) is 0 Å². The van der Waals surface area contributed by atoms with Crippen LogP contribution in [0.3, 0.4) is 0 Å². The number of fused-ring (bicyclic) bond motifs is 1. The highest BCUT2D eigenvalue weighted by Crippen LogP contribution is 2.23. The van der Waals surface area contributed by atoms with E-state index in [9.17, 15) is 9.59 Å². The van der Waals surface area contributed by atoms with E-state index in [0.717, 1.165) is 19.3 Å². The largest absolute Gasteiger partial charge is 0.355 e. The first kappa shape index (κ1) is 32.6. The highest BCUT2D eigenvalue weighted by molar-refractivity contribution is 6.06. The lowest BCUT2D eigenvalue weighted by Gasteiger charge is -2.10. The molecule has 1 aromatic heterocycles. The Hall–Kier alpha value is -2.92. The van der Waals surface area contributed by atoms with E-state index in [4.69, 9.17) is 5.73 Å². The molecule has 1 fully saturated rings. The molecule has 1 aliphatic rings. The fourth-order valence-electron chi connectivity index (χ4n) is 5.71. The van der Waals surface area contributed by atoms with Crippen LogP contribution in [-0.4, -0.2) is 22.8 Å². The zero-order valence-electron chi connectivity index (χ0n) is 25.3. The number of hydrogen-bond acceptors (Lipinski definition) is 3. The van der Waals surface area contributed by atoms with Crippen LogP contribution in [0.15, 0.2) is 60.7 Å². The second-order valence-corrected chi connectivity index (χ2v) is 11.7. The molecular weight excluding hydrogens is 506 g/mol. The van der Waals surface area contributed by atoms with E-state index in [2.05, 4.69) is 65.8 Å². The van der Waals surface area contributed by atoms with Crippen LogP contribution in [0.2, 0.25) is 0 Å². The van der Waals surface area contributed by atoms with Crippen molar-refractivity contribution >= 4 is 22.7 Å². The van der Waals surface area contributed by atoms with Crippen molar-refractivity contribution in [1.29, 1.82) is 0 Å². The normalized spacial score (nSPS) is 16.5. The minimum Gasteiger partial charge on any atom is -0.355 e. The van der Waals surface area contributed by atoms with Gasteiger partial charge in [-0.05, 0) is 24.1 Å². The van der Waals surface area contributed by atoms with Crippen LogP contribution in [0.1, 0.15) is 116 Å². The minimum absolute atomic E-state index is 0.177. The van der Waals surface area contributed by atoms with Crippen LogP contribution in [0, 0.1) is 5.92 Å². The van der Waals surface area contributed by atoms with Gasteiger partial charge in [-0.25, -0.2) is 0 Å². The summed E-state index contributed by atoms with van der Waals surface area (Å²) in [5.74, 6) is -0.783. The van der Waals surface area contributed by atoms with Gasteiger partial charge < -0.3 is 10.7 Å². The number of benzene rings is 2. The summed E-state index contributed by atoms with van der Waals surface area (Å²) in [5.41, 5.74) is 9.35. The van der Waals surface area contributed by atoms with E-state index in [1.54, 1.807) is 0 Å². The van der Waals surface area contributed by atoms with Crippen molar-refractivity contribution in [2.24, 2.45) is 11.7 Å². The maximum Gasteiger partial charge on any atom is 0.244 e. The predicted octanol–water partition coefficient (Wildman–Crippen LogP) is 9.07. The Kier molecular flexibility index (Phi) is 15.3. The number of imide groups is 1. The molecule has 41 heavy (non-hydrogen) atoms. The summed E-state index contributed by atoms with van der Waals surface area (Å²) in [7, 11) is 0. The first-order chi connectivity index (χ1) is 20.1. The molecule has 2 heterocycles. The minimum atomic E-state index is -0.626. The quantitative estimate of drug-likeness (QED) is 0.107. The molecule has 0 bridgehead atoms. The van der Waals surface area contributed by atoms with Gasteiger partial charge in [-0.15, -0.1) is 0 Å². The topological polar surface area (TPSA) is 88.0 Å². The number of amides is 2. The summed E-state index contributed by atoms with van der Waals surface area (Å²) in [5, 5.41) is 3.58. The number of nitrogens with two attached hydrogens (primary N) is 1. The lowest BCUT2D eigenvalue weighted by atomic mass is 9.95. The van der Waals surface area contributed by atoms with E-state index in [1.165, 1.54) is 112 Å². The molecule has 4 rings (SSSR count). The number of nitrogens with one attached hydrogen (secondary N) is 2. The molecule has 2 amide bonds. The molecule has 0 aliphatic carbocycles. The van der Waals surface area contributed by atoms with E-state index in [1.807, 2.05) is 12.1 Å². The highest BCUT2D eigenvalue weighted by Gasteiger charge is 2.38. The molecule has 1 aliphatic heterocycles. The van der Waals surface area contributed by atoms with Crippen molar-refractivity contribution in [1.82, 2.24) is 10.3 Å². The fraction of sp³-hybridized carbons (Fsp3) is 0.556. The second kappa shape index (κ2) is 19.2. The average molecular weight is 560 g/mol. The van der Waals surface area contributed by atoms with Gasteiger partial charge in [0.05, 0.1) is 12.0 Å². The zero-order valence-corrected chi connectivity index (χ0v) is 25.3. The number of aromatic nitrogens is 1. The summed E-state index contributed by atoms with van der Waals surface area (Å²) in [4.78, 5) is 26.3. The monoisotopic (exact) mass is 559 g/mol. The zero-order chi connectivity index (χ0) is 29.1. The van der Waals surface area contributed by atoms with Crippen LogP contribution in [0.25, 0.3) is 22.2 Å². The van der Waals surface area contributed by atoms with E-state index < -0.39 is 6.04 Å². The summed E-state index contributed by atoms with van der Waals surface area (Å²) in [6.07, 6.45) is 22.2. The van der Waals surface area contributed by atoms with Gasteiger partial charge in [-0.3, -0.25) is 14.9 Å². The molecule has 0 saturated carbocycles. The van der Waals surface area contributed by atoms with Gasteiger partial charge >= 0.3 is 0 Å². The highest BCUT2D eigenvalue weighted by atomic mass is 16.2. The second-order valence-electron chi connectivity index (χ2n) is 11.7. The lowest BCUT2D eigenvalue weighted by Crippen LogP contribution is -2.34. The first-order valence-electron chi connectivity index (χ1n) is 16.3. The van der Waals surface area contributed by atoms with Crippen molar-refractivity contribution in [2.75, 3.05) is 0 Å². The van der Waals surface area contributed by atoms with Gasteiger partial charge in [0.1, 0.15) is 0 Å². The van der Waals surface area contributed by atoms with Crippen LogP contribution in [-0.2, 0) is 9.59 Å². The molecule has 3 aromatic rings. The third-order valence-corrected chi connectivity index (χ3v) is 8.30. The van der Waals surface area contributed by atoms with Crippen LogP contribution in [0.4, 0.5) is 0 Å². The number of rotatable bonds is 18. The van der Waals surface area contributed by atoms with Gasteiger partial charge in [-0.1, -0.05) is 158 Å². The smallest absolute Gasteiger partial charge is 0.244 e. The van der Waals surface area contributed by atoms with Crippen molar-refractivity contribution in [3.05, 3.63) is 60.7 Å². The summed E-state index contributed by atoms with van der Waals surface area (Å²) in [6.45, 7) is 2.27. The molecule has 0 spiro atoms. The maximum absolute atomic E-state index is 11.6. The Morgan fingerprint density at radius 1 is 0.634 bits per heavy atom. The molecule has 2 atom stereocenters. The van der Waals surface area contributed by atoms with Crippen molar-refractivity contribution < 1.29 is 9.59 Å². The molecule has 2 unspecified atom stereocenters. The number of carbonyl (C=O) groups excluding carboxylic acids is 2. The molecule has 2 aromatic carbocycles. The average Bonchev–Trinajstić information content (AvgIpc) is 3.53. The molecular formula is C36H53N3O2. The van der Waals surface area contributed by atoms with Gasteiger partial charge in [0, 0.05) is 16.6 Å². The first-order valence-corrected chi connectivity index (χ1v) is 16.3. The van der Waals surface area contributed by atoms with Gasteiger partial charge in [0.2, 0.25) is 11.8 Å². The standard InChI is InChI=1S/C22H42N2O2.C14H11N/c1-2-3-4-5-6-7-8-9-10-11-12-13-14-15-16-17-18-19-20(23)22(26)24-21(19)25;1-2-6-11(7-3-1)14-10-12-8-4-5-9-13(12)15-14/h19-20H,2-18,23H2,1H3,(H,24,25,26);1-10,15H. The van der Waals surface area contributed by atoms with E-state index in [0.29, 0.717) is 0 Å². The SMILES string of the molecule is CCCCCCCCCCCCCCCCCCC1C(=O)NC(=O)C1N.c1ccc(-c2cc3ccccc3[nH]2)cc1. The Labute approximate surface area is 248 Å². The summed E-state index contributed by atoms with van der Waals surface area (Å²) < 4.78 is 0. The Morgan fingerprint density at radius 3 is 1.66 bits per heavy atom. The fourth-order valence-corrected chi connectivity index (χ4v) is 5.71. The molecule has 4 N–H and O–H groups in total.